The minimum atomic E-state index is 0.465. The molecule has 2 aromatic rings. The number of nitrogens with one attached hydrogen (secondary N) is 1. The monoisotopic (exact) mass is 334 g/mol. The van der Waals surface area contributed by atoms with Gasteiger partial charge in [0.1, 0.15) is 5.01 Å². The van der Waals surface area contributed by atoms with Gasteiger partial charge in [0.05, 0.1) is 18.4 Å². The summed E-state index contributed by atoms with van der Waals surface area (Å²) in [5.74, 6) is 1.32. The maximum atomic E-state index is 4.73. The zero-order valence-corrected chi connectivity index (χ0v) is 15.6. The van der Waals surface area contributed by atoms with Gasteiger partial charge in [-0.1, -0.05) is 13.8 Å². The van der Waals surface area contributed by atoms with Gasteiger partial charge < -0.3 is 10.2 Å². The average Bonchev–Trinajstić information content (AvgIpc) is 3.05. The molecule has 2 heterocycles. The van der Waals surface area contributed by atoms with Crippen molar-refractivity contribution in [2.24, 2.45) is 12.0 Å². The molecule has 0 amide bonds. The van der Waals surface area contributed by atoms with Crippen LogP contribution in [0.15, 0.2) is 17.4 Å². The molecule has 0 aromatic carbocycles. The molecule has 23 heavy (non-hydrogen) atoms. The number of aromatic nitrogens is 3. The van der Waals surface area contributed by atoms with Gasteiger partial charge in [0, 0.05) is 44.3 Å². The molecule has 2 rings (SSSR count). The number of aryl methyl sites for hydroxylation is 2. The van der Waals surface area contributed by atoms with Crippen LogP contribution in [0.5, 0.6) is 0 Å². The van der Waals surface area contributed by atoms with Gasteiger partial charge in [-0.25, -0.2) is 4.98 Å². The highest BCUT2D eigenvalue weighted by molar-refractivity contribution is 7.11. The molecule has 0 bridgehead atoms. The van der Waals surface area contributed by atoms with Crippen LogP contribution in [-0.2, 0) is 20.1 Å². The van der Waals surface area contributed by atoms with Gasteiger partial charge in [0.2, 0.25) is 0 Å². The lowest BCUT2D eigenvalue weighted by atomic mass is 10.1. The second-order valence-electron chi connectivity index (χ2n) is 5.98. The maximum Gasteiger partial charge on any atom is 0.194 e. The van der Waals surface area contributed by atoms with Crippen molar-refractivity contribution in [3.8, 4) is 0 Å². The molecule has 126 valence electrons. The zero-order chi connectivity index (χ0) is 17.0. The molecule has 0 saturated heterocycles. The van der Waals surface area contributed by atoms with E-state index in [0.717, 1.165) is 23.1 Å². The molecule has 6 nitrogen and oxygen atoms in total. The summed E-state index contributed by atoms with van der Waals surface area (Å²) in [5, 5.41) is 8.69. The van der Waals surface area contributed by atoms with Gasteiger partial charge in [-0.3, -0.25) is 9.67 Å². The Kier molecular flexibility index (Phi) is 5.76. The van der Waals surface area contributed by atoms with Crippen molar-refractivity contribution in [1.82, 2.24) is 25.0 Å². The molecular weight excluding hydrogens is 308 g/mol. The molecule has 0 atom stereocenters. The summed E-state index contributed by atoms with van der Waals surface area (Å²) in [5.41, 5.74) is 2.36. The fourth-order valence-corrected chi connectivity index (χ4v) is 3.55. The second kappa shape index (κ2) is 7.59. The second-order valence-corrected chi connectivity index (χ2v) is 7.27. The Morgan fingerprint density at radius 2 is 2.22 bits per heavy atom. The van der Waals surface area contributed by atoms with E-state index in [9.17, 15) is 0 Å². The average molecular weight is 334 g/mol. The molecule has 0 aliphatic heterocycles. The largest absolute Gasteiger partial charge is 0.350 e. The smallest absolute Gasteiger partial charge is 0.194 e. The van der Waals surface area contributed by atoms with Crippen LogP contribution >= 0.6 is 11.3 Å². The Hall–Kier alpha value is -1.89. The van der Waals surface area contributed by atoms with Crippen LogP contribution in [0.25, 0.3) is 0 Å². The summed E-state index contributed by atoms with van der Waals surface area (Å²) in [4.78, 5) is 12.5. The van der Waals surface area contributed by atoms with Crippen LogP contribution in [0.1, 0.15) is 40.9 Å². The number of rotatable bonds is 5. The van der Waals surface area contributed by atoms with Crippen LogP contribution in [-0.4, -0.2) is 39.7 Å². The third-order valence-electron chi connectivity index (χ3n) is 3.57. The van der Waals surface area contributed by atoms with Crippen molar-refractivity contribution < 1.29 is 0 Å². The Morgan fingerprint density at radius 3 is 2.74 bits per heavy atom. The van der Waals surface area contributed by atoms with E-state index in [4.69, 9.17) is 4.98 Å². The highest BCUT2D eigenvalue weighted by Crippen LogP contribution is 2.23. The lowest BCUT2D eigenvalue weighted by molar-refractivity contribution is 0.476. The number of hydrogen-bond acceptors (Lipinski definition) is 4. The molecule has 7 heteroatoms. The summed E-state index contributed by atoms with van der Waals surface area (Å²) in [6, 6.07) is 0. The zero-order valence-electron chi connectivity index (χ0n) is 14.8. The quantitative estimate of drug-likeness (QED) is 0.674. The van der Waals surface area contributed by atoms with E-state index in [2.05, 4.69) is 41.1 Å². The topological polar surface area (TPSA) is 58.3 Å². The van der Waals surface area contributed by atoms with Gasteiger partial charge in [-0.05, 0) is 12.8 Å². The lowest BCUT2D eigenvalue weighted by Crippen LogP contribution is -2.37. The van der Waals surface area contributed by atoms with E-state index in [-0.39, 0.29) is 0 Å². The SMILES string of the molecule is CN=C(NCc1nc(C(C)C)c(C)s1)N(C)Cc1cnn(C)c1. The maximum absolute atomic E-state index is 4.73. The minimum Gasteiger partial charge on any atom is -0.350 e. The van der Waals surface area contributed by atoms with Crippen molar-refractivity contribution in [1.29, 1.82) is 0 Å². The van der Waals surface area contributed by atoms with Crippen LogP contribution in [0, 0.1) is 6.92 Å². The third kappa shape index (κ3) is 4.54. The van der Waals surface area contributed by atoms with Gasteiger partial charge in [-0.2, -0.15) is 5.10 Å². The third-order valence-corrected chi connectivity index (χ3v) is 4.56. The Morgan fingerprint density at radius 1 is 1.48 bits per heavy atom. The molecule has 2 aromatic heterocycles. The Balaban J connectivity index is 1.95. The number of guanidine groups is 1. The number of nitrogens with zero attached hydrogens (tertiary/aromatic N) is 5. The summed E-state index contributed by atoms with van der Waals surface area (Å²) >= 11 is 1.75. The highest BCUT2D eigenvalue weighted by Gasteiger charge is 2.12. The van der Waals surface area contributed by atoms with Gasteiger partial charge in [0.25, 0.3) is 0 Å². The van der Waals surface area contributed by atoms with Crippen molar-refractivity contribution in [2.75, 3.05) is 14.1 Å². The summed E-state index contributed by atoms with van der Waals surface area (Å²) in [6.07, 6.45) is 3.89. The van der Waals surface area contributed by atoms with Crippen LogP contribution in [0.2, 0.25) is 0 Å². The first-order valence-electron chi connectivity index (χ1n) is 7.76. The van der Waals surface area contributed by atoms with Crippen molar-refractivity contribution in [3.05, 3.63) is 33.5 Å². The predicted molar refractivity (Wildman–Crippen MR) is 95.8 cm³/mol. The van der Waals surface area contributed by atoms with E-state index in [1.54, 1.807) is 18.4 Å². The number of thiazole rings is 1. The lowest BCUT2D eigenvalue weighted by Gasteiger charge is -2.21. The molecule has 0 spiro atoms. The fourth-order valence-electron chi connectivity index (χ4n) is 2.52. The van der Waals surface area contributed by atoms with Crippen molar-refractivity contribution >= 4 is 17.3 Å². The van der Waals surface area contributed by atoms with Crippen molar-refractivity contribution in [2.45, 2.75) is 39.8 Å². The summed E-state index contributed by atoms with van der Waals surface area (Å²) in [6.45, 7) is 7.96. The molecule has 1 N–H and O–H groups in total. The number of hydrogen-bond donors (Lipinski definition) is 1. The van der Waals surface area contributed by atoms with Gasteiger partial charge >= 0.3 is 0 Å². The Labute approximate surface area is 142 Å². The van der Waals surface area contributed by atoms with Gasteiger partial charge in [0.15, 0.2) is 5.96 Å². The molecule has 0 radical (unpaired) electrons. The fraction of sp³-hybridized carbons (Fsp3) is 0.562. The molecule has 0 aliphatic rings. The standard InChI is InChI=1S/C16H26N6S/c1-11(2)15-12(3)23-14(20-15)8-18-16(17-4)21(5)9-13-7-19-22(6)10-13/h7,10-11H,8-9H2,1-6H3,(H,17,18). The van der Waals surface area contributed by atoms with E-state index in [0.29, 0.717) is 12.5 Å². The minimum absolute atomic E-state index is 0.465. The normalized spacial score (nSPS) is 12.0. The van der Waals surface area contributed by atoms with Crippen molar-refractivity contribution in [3.63, 3.8) is 0 Å². The first-order valence-corrected chi connectivity index (χ1v) is 8.57. The van der Waals surface area contributed by atoms with E-state index in [1.165, 1.54) is 10.6 Å². The van der Waals surface area contributed by atoms with Crippen LogP contribution in [0.3, 0.4) is 0 Å². The summed E-state index contributed by atoms with van der Waals surface area (Å²) in [7, 11) is 5.75. The summed E-state index contributed by atoms with van der Waals surface area (Å²) < 4.78 is 1.81. The molecule has 0 fully saturated rings. The van der Waals surface area contributed by atoms with E-state index in [1.807, 2.05) is 31.2 Å². The first-order chi connectivity index (χ1) is 10.9. The first kappa shape index (κ1) is 17.5. The molecule has 0 unspecified atom stereocenters. The Bertz CT molecular complexity index is 670. The highest BCUT2D eigenvalue weighted by atomic mass is 32.1. The predicted octanol–water partition coefficient (Wildman–Crippen LogP) is 2.52. The van der Waals surface area contributed by atoms with E-state index >= 15 is 0 Å². The molecular formula is C16H26N6S. The molecule has 0 aliphatic carbocycles. The van der Waals surface area contributed by atoms with Gasteiger partial charge in [-0.15, -0.1) is 11.3 Å². The van der Waals surface area contributed by atoms with E-state index < -0.39 is 0 Å². The molecule has 0 saturated carbocycles. The number of aliphatic imine (C=N–C) groups is 1. The van der Waals surface area contributed by atoms with Crippen LogP contribution in [0.4, 0.5) is 0 Å². The van der Waals surface area contributed by atoms with Crippen LogP contribution < -0.4 is 5.32 Å².